The number of carbonyl (C=O) groups is 2. The first-order chi connectivity index (χ1) is 11.5. The van der Waals surface area contributed by atoms with E-state index in [1.54, 1.807) is 11.0 Å². The molecule has 1 atom stereocenters. The molecule has 124 valence electrons. The molecule has 3 rings (SSSR count). The first-order valence-electron chi connectivity index (χ1n) is 7.88. The molecule has 0 saturated heterocycles. The van der Waals surface area contributed by atoms with Crippen molar-refractivity contribution in [3.8, 4) is 5.75 Å². The summed E-state index contributed by atoms with van der Waals surface area (Å²) in [5.74, 6) is 0.171. The van der Waals surface area contributed by atoms with Crippen LogP contribution in [0, 0.1) is 13.8 Å². The number of ether oxygens (including phenoxy) is 1. The van der Waals surface area contributed by atoms with Crippen molar-refractivity contribution in [2.45, 2.75) is 26.9 Å². The van der Waals surface area contributed by atoms with Gasteiger partial charge in [0.05, 0.1) is 12.2 Å². The Morgan fingerprint density at radius 3 is 2.42 bits per heavy atom. The highest BCUT2D eigenvalue weighted by molar-refractivity contribution is 6.00. The topological polar surface area (TPSA) is 58.6 Å². The van der Waals surface area contributed by atoms with Crippen molar-refractivity contribution in [2.24, 2.45) is 0 Å². The number of fused-ring (bicyclic) bond motifs is 1. The van der Waals surface area contributed by atoms with Crippen LogP contribution in [-0.4, -0.2) is 24.5 Å². The minimum Gasteiger partial charge on any atom is -0.476 e. The maximum atomic E-state index is 12.7. The van der Waals surface area contributed by atoms with Gasteiger partial charge in [-0.3, -0.25) is 9.59 Å². The smallest absolute Gasteiger partial charge is 0.267 e. The SMILES string of the molecule is CC(=O)N1CC(C(=O)Nc2c(C)cccc2C)Oc2ccccc21. The molecule has 5 heteroatoms. The summed E-state index contributed by atoms with van der Waals surface area (Å²) in [5, 5.41) is 2.94. The summed E-state index contributed by atoms with van der Waals surface area (Å²) in [5.41, 5.74) is 3.46. The molecule has 0 fully saturated rings. The Balaban J connectivity index is 1.85. The van der Waals surface area contributed by atoms with Crippen LogP contribution in [0.3, 0.4) is 0 Å². The lowest BCUT2D eigenvalue weighted by atomic mass is 10.1. The van der Waals surface area contributed by atoms with Crippen LogP contribution in [0.5, 0.6) is 5.75 Å². The summed E-state index contributed by atoms with van der Waals surface area (Å²) in [4.78, 5) is 26.2. The summed E-state index contributed by atoms with van der Waals surface area (Å²) in [6, 6.07) is 13.1. The van der Waals surface area contributed by atoms with Gasteiger partial charge in [-0.15, -0.1) is 0 Å². The van der Waals surface area contributed by atoms with E-state index >= 15 is 0 Å². The van der Waals surface area contributed by atoms with Crippen LogP contribution < -0.4 is 15.0 Å². The highest BCUT2D eigenvalue weighted by Gasteiger charge is 2.32. The number of carbonyl (C=O) groups excluding carboxylic acids is 2. The Morgan fingerprint density at radius 1 is 1.08 bits per heavy atom. The number of anilines is 2. The van der Waals surface area contributed by atoms with E-state index in [1.165, 1.54) is 6.92 Å². The van der Waals surface area contributed by atoms with Crippen LogP contribution >= 0.6 is 0 Å². The molecular formula is C19H20N2O3. The van der Waals surface area contributed by atoms with Crippen molar-refractivity contribution in [2.75, 3.05) is 16.8 Å². The zero-order chi connectivity index (χ0) is 17.3. The molecule has 2 aromatic rings. The first kappa shape index (κ1) is 16.1. The van der Waals surface area contributed by atoms with Gasteiger partial charge in [-0.25, -0.2) is 0 Å². The van der Waals surface area contributed by atoms with Crippen LogP contribution in [-0.2, 0) is 9.59 Å². The van der Waals surface area contributed by atoms with Crippen molar-refractivity contribution >= 4 is 23.2 Å². The van der Waals surface area contributed by atoms with Gasteiger partial charge in [-0.2, -0.15) is 0 Å². The number of nitrogens with one attached hydrogen (secondary N) is 1. The Hall–Kier alpha value is -2.82. The third kappa shape index (κ3) is 2.97. The monoisotopic (exact) mass is 324 g/mol. The van der Waals surface area contributed by atoms with Gasteiger partial charge in [-0.1, -0.05) is 30.3 Å². The molecular weight excluding hydrogens is 304 g/mol. The fraction of sp³-hybridized carbons (Fsp3) is 0.263. The lowest BCUT2D eigenvalue weighted by molar-refractivity contribution is -0.123. The molecule has 0 aliphatic carbocycles. The minimum atomic E-state index is -0.747. The molecule has 5 nitrogen and oxygen atoms in total. The number of amides is 2. The number of nitrogens with zero attached hydrogens (tertiary/aromatic N) is 1. The second kappa shape index (κ2) is 6.35. The molecule has 24 heavy (non-hydrogen) atoms. The third-order valence-corrected chi connectivity index (χ3v) is 4.18. The Labute approximate surface area is 141 Å². The van der Waals surface area contributed by atoms with Crippen LogP contribution in [0.1, 0.15) is 18.1 Å². The molecule has 0 radical (unpaired) electrons. The Kier molecular flexibility index (Phi) is 4.25. The Morgan fingerprint density at radius 2 is 1.75 bits per heavy atom. The predicted octanol–water partition coefficient (Wildman–Crippen LogP) is 3.06. The molecule has 0 spiro atoms. The van der Waals surface area contributed by atoms with E-state index in [2.05, 4.69) is 5.32 Å². The average molecular weight is 324 g/mol. The van der Waals surface area contributed by atoms with Crippen LogP contribution in [0.15, 0.2) is 42.5 Å². The first-order valence-corrected chi connectivity index (χ1v) is 7.88. The van der Waals surface area contributed by atoms with Crippen molar-refractivity contribution in [1.82, 2.24) is 0 Å². The maximum Gasteiger partial charge on any atom is 0.267 e. The van der Waals surface area contributed by atoms with Gasteiger partial charge in [0.1, 0.15) is 5.75 Å². The average Bonchev–Trinajstić information content (AvgIpc) is 2.57. The predicted molar refractivity (Wildman–Crippen MR) is 93.4 cm³/mol. The molecule has 0 saturated carbocycles. The van der Waals surface area contributed by atoms with E-state index < -0.39 is 6.10 Å². The molecule has 0 aromatic heterocycles. The molecule has 1 unspecified atom stereocenters. The molecule has 1 aliphatic rings. The Bertz CT molecular complexity index is 781. The summed E-state index contributed by atoms with van der Waals surface area (Å²) >= 11 is 0. The van der Waals surface area contributed by atoms with Crippen LogP contribution in [0.2, 0.25) is 0 Å². The minimum absolute atomic E-state index is 0.115. The van der Waals surface area contributed by atoms with Crippen molar-refractivity contribution in [3.05, 3.63) is 53.6 Å². The zero-order valence-electron chi connectivity index (χ0n) is 14.0. The summed E-state index contributed by atoms with van der Waals surface area (Å²) in [7, 11) is 0. The van der Waals surface area contributed by atoms with Gasteiger partial charge in [0.2, 0.25) is 5.91 Å². The lowest BCUT2D eigenvalue weighted by Crippen LogP contribution is -2.48. The quantitative estimate of drug-likeness (QED) is 0.923. The van der Waals surface area contributed by atoms with Crippen LogP contribution in [0.4, 0.5) is 11.4 Å². The van der Waals surface area contributed by atoms with Crippen LogP contribution in [0.25, 0.3) is 0 Å². The van der Waals surface area contributed by atoms with Crippen molar-refractivity contribution in [1.29, 1.82) is 0 Å². The molecule has 1 N–H and O–H groups in total. The summed E-state index contributed by atoms with van der Waals surface area (Å²) in [6.45, 7) is 5.58. The van der Waals surface area contributed by atoms with Crippen molar-refractivity contribution in [3.63, 3.8) is 0 Å². The van der Waals surface area contributed by atoms with Gasteiger partial charge >= 0.3 is 0 Å². The second-order valence-corrected chi connectivity index (χ2v) is 5.96. The van der Waals surface area contributed by atoms with E-state index in [9.17, 15) is 9.59 Å². The van der Waals surface area contributed by atoms with Gasteiger partial charge < -0.3 is 15.0 Å². The van der Waals surface area contributed by atoms with Gasteiger partial charge in [0.25, 0.3) is 5.91 Å². The molecule has 2 amide bonds. The number of aryl methyl sites for hydroxylation is 2. The standard InChI is InChI=1S/C19H20N2O3/c1-12-7-6-8-13(2)18(12)20-19(23)17-11-21(14(3)22)15-9-4-5-10-16(15)24-17/h4-10,17H,11H2,1-3H3,(H,20,23). The van der Waals surface area contributed by atoms with E-state index in [1.807, 2.05) is 50.2 Å². The fourth-order valence-electron chi connectivity index (χ4n) is 2.88. The van der Waals surface area contributed by atoms with E-state index in [-0.39, 0.29) is 18.4 Å². The maximum absolute atomic E-state index is 12.7. The largest absolute Gasteiger partial charge is 0.476 e. The number of hydrogen-bond acceptors (Lipinski definition) is 3. The van der Waals surface area contributed by atoms with Gasteiger partial charge in [0.15, 0.2) is 6.10 Å². The molecule has 1 aliphatic heterocycles. The summed E-state index contributed by atoms with van der Waals surface area (Å²) < 4.78 is 5.82. The number of hydrogen-bond donors (Lipinski definition) is 1. The van der Waals surface area contributed by atoms with Gasteiger partial charge in [-0.05, 0) is 37.1 Å². The van der Waals surface area contributed by atoms with Crippen molar-refractivity contribution < 1.29 is 14.3 Å². The van der Waals surface area contributed by atoms with E-state index in [4.69, 9.17) is 4.74 Å². The zero-order valence-corrected chi connectivity index (χ0v) is 14.0. The molecule has 2 aromatic carbocycles. The highest BCUT2D eigenvalue weighted by atomic mass is 16.5. The third-order valence-electron chi connectivity index (χ3n) is 4.18. The molecule has 1 heterocycles. The summed E-state index contributed by atoms with van der Waals surface area (Å²) in [6.07, 6.45) is -0.747. The van der Waals surface area contributed by atoms with Gasteiger partial charge in [0, 0.05) is 12.6 Å². The fourth-order valence-corrected chi connectivity index (χ4v) is 2.88. The second-order valence-electron chi connectivity index (χ2n) is 5.96. The van der Waals surface area contributed by atoms with E-state index in [0.717, 1.165) is 16.8 Å². The van der Waals surface area contributed by atoms with E-state index in [0.29, 0.717) is 11.4 Å². The normalized spacial score (nSPS) is 16.1. The molecule has 0 bridgehead atoms. The number of benzene rings is 2. The number of rotatable bonds is 2. The lowest BCUT2D eigenvalue weighted by Gasteiger charge is -2.33. The number of para-hydroxylation sites is 3. The highest BCUT2D eigenvalue weighted by Crippen LogP contribution is 2.33.